The number of rotatable bonds is 6. The van der Waals surface area contributed by atoms with Crippen LogP contribution in [0.3, 0.4) is 0 Å². The molecule has 2 aromatic heterocycles. The Kier molecular flexibility index (Phi) is 7.91. The van der Waals surface area contributed by atoms with Gasteiger partial charge in [0.1, 0.15) is 5.69 Å². The Bertz CT molecular complexity index is 1320. The predicted molar refractivity (Wildman–Crippen MR) is 138 cm³/mol. The van der Waals surface area contributed by atoms with Crippen LogP contribution in [-0.2, 0) is 0 Å². The first-order valence-corrected chi connectivity index (χ1v) is 12.4. The van der Waals surface area contributed by atoms with Gasteiger partial charge < -0.3 is 16.0 Å². The van der Waals surface area contributed by atoms with E-state index in [9.17, 15) is 14.4 Å². The topological polar surface area (TPSA) is 118 Å². The number of pyridine rings is 1. The smallest absolute Gasteiger partial charge is 0.274 e. The molecule has 3 amide bonds. The molecule has 11 heteroatoms. The van der Waals surface area contributed by atoms with Crippen molar-refractivity contribution in [1.29, 1.82) is 0 Å². The van der Waals surface area contributed by atoms with Crippen LogP contribution in [0.25, 0.3) is 5.82 Å². The van der Waals surface area contributed by atoms with Crippen molar-refractivity contribution in [3.05, 3.63) is 69.1 Å². The van der Waals surface area contributed by atoms with E-state index in [2.05, 4.69) is 26.0 Å². The fourth-order valence-electron chi connectivity index (χ4n) is 4.26. The largest absolute Gasteiger partial charge is 0.355 e. The average Bonchev–Trinajstić information content (AvgIpc) is 3.31. The number of carbonyl (C=O) groups is 3. The molecule has 3 N–H and O–H groups in total. The van der Waals surface area contributed by atoms with Crippen LogP contribution in [0.1, 0.15) is 69.0 Å². The van der Waals surface area contributed by atoms with Gasteiger partial charge in [-0.05, 0) is 49.6 Å². The number of aryl methyl sites for hydroxylation is 1. The number of amides is 3. The highest BCUT2D eigenvalue weighted by Crippen LogP contribution is 2.27. The summed E-state index contributed by atoms with van der Waals surface area (Å²) in [6.45, 7) is 1.73. The van der Waals surface area contributed by atoms with Crippen molar-refractivity contribution in [3.63, 3.8) is 0 Å². The van der Waals surface area contributed by atoms with Gasteiger partial charge in [0.05, 0.1) is 16.3 Å². The second-order valence-corrected chi connectivity index (χ2v) is 9.47. The Morgan fingerprint density at radius 3 is 2.47 bits per heavy atom. The fourth-order valence-corrected chi connectivity index (χ4v) is 4.73. The van der Waals surface area contributed by atoms with Crippen LogP contribution in [-0.4, -0.2) is 45.6 Å². The van der Waals surface area contributed by atoms with Crippen molar-refractivity contribution < 1.29 is 14.4 Å². The van der Waals surface area contributed by atoms with Crippen LogP contribution in [0.5, 0.6) is 0 Å². The Morgan fingerprint density at radius 1 is 1.03 bits per heavy atom. The summed E-state index contributed by atoms with van der Waals surface area (Å²) in [5.74, 6) is -1.20. The molecule has 1 aliphatic rings. The zero-order valence-electron chi connectivity index (χ0n) is 19.9. The minimum atomic E-state index is -0.600. The van der Waals surface area contributed by atoms with Crippen molar-refractivity contribution in [2.75, 3.05) is 12.4 Å². The maximum Gasteiger partial charge on any atom is 0.274 e. The van der Waals surface area contributed by atoms with Gasteiger partial charge in [-0.15, -0.1) is 0 Å². The lowest BCUT2D eigenvalue weighted by molar-refractivity contribution is 0.0920. The number of aromatic nitrogens is 3. The van der Waals surface area contributed by atoms with E-state index < -0.39 is 11.8 Å². The molecule has 0 atom stereocenters. The highest BCUT2D eigenvalue weighted by molar-refractivity contribution is 6.32. The van der Waals surface area contributed by atoms with E-state index in [1.165, 1.54) is 30.1 Å². The molecule has 9 nitrogen and oxygen atoms in total. The lowest BCUT2D eigenvalue weighted by atomic mass is 9.95. The Hall–Kier alpha value is -3.43. The lowest BCUT2D eigenvalue weighted by Gasteiger charge is -2.22. The maximum absolute atomic E-state index is 13.5. The van der Waals surface area contributed by atoms with Gasteiger partial charge in [0.25, 0.3) is 17.7 Å². The first-order chi connectivity index (χ1) is 17.3. The van der Waals surface area contributed by atoms with E-state index in [1.807, 2.05) is 0 Å². The second-order valence-electron chi connectivity index (χ2n) is 8.62. The molecular weight excluding hydrogens is 503 g/mol. The lowest BCUT2D eigenvalue weighted by Crippen LogP contribution is -2.36. The van der Waals surface area contributed by atoms with Crippen molar-refractivity contribution in [1.82, 2.24) is 25.4 Å². The van der Waals surface area contributed by atoms with Crippen LogP contribution in [0.2, 0.25) is 10.0 Å². The first kappa shape index (κ1) is 25.7. The number of carbonyl (C=O) groups excluding carboxylic acids is 3. The molecule has 3 aromatic rings. The van der Waals surface area contributed by atoms with Gasteiger partial charge in [0.15, 0.2) is 11.5 Å². The molecule has 1 aliphatic carbocycles. The third-order valence-electron chi connectivity index (χ3n) is 6.07. The summed E-state index contributed by atoms with van der Waals surface area (Å²) in [6.07, 6.45) is 6.61. The zero-order chi connectivity index (χ0) is 25.8. The zero-order valence-corrected chi connectivity index (χ0v) is 21.4. The summed E-state index contributed by atoms with van der Waals surface area (Å²) < 4.78 is 1.23. The van der Waals surface area contributed by atoms with E-state index in [1.54, 1.807) is 25.1 Å². The number of nitrogens with one attached hydrogen (secondary N) is 3. The predicted octanol–water partition coefficient (Wildman–Crippen LogP) is 4.56. The van der Waals surface area contributed by atoms with Crippen LogP contribution in [0, 0.1) is 6.92 Å². The fraction of sp³-hybridized carbons (Fsp3) is 0.320. The van der Waals surface area contributed by atoms with Gasteiger partial charge in [0.2, 0.25) is 0 Å². The summed E-state index contributed by atoms with van der Waals surface area (Å²) in [6, 6.07) is 7.83. The second kappa shape index (κ2) is 11.1. The quantitative estimate of drug-likeness (QED) is 0.433. The number of halogens is 2. The van der Waals surface area contributed by atoms with E-state index in [4.69, 9.17) is 23.2 Å². The van der Waals surface area contributed by atoms with Crippen molar-refractivity contribution >= 4 is 46.6 Å². The van der Waals surface area contributed by atoms with Crippen LogP contribution >= 0.6 is 23.2 Å². The molecule has 0 bridgehead atoms. The molecule has 188 valence electrons. The summed E-state index contributed by atoms with van der Waals surface area (Å²) in [5.41, 5.74) is 1.17. The monoisotopic (exact) mass is 528 g/mol. The number of anilines is 1. The normalized spacial score (nSPS) is 13.8. The van der Waals surface area contributed by atoms with Crippen molar-refractivity contribution in [2.45, 2.75) is 45.1 Å². The van der Waals surface area contributed by atoms with Crippen LogP contribution in [0.15, 0.2) is 36.5 Å². The van der Waals surface area contributed by atoms with E-state index in [0.29, 0.717) is 10.6 Å². The molecule has 1 saturated carbocycles. The summed E-state index contributed by atoms with van der Waals surface area (Å²) in [7, 11) is 1.49. The number of benzene rings is 1. The SMILES string of the molecule is CNC(=O)c1cc(Cl)cc(C)c1NC(=O)c1cc(C(=O)NC2CCCCC2)nn1-c1ncccc1Cl. The van der Waals surface area contributed by atoms with E-state index in [0.717, 1.165) is 32.1 Å². The summed E-state index contributed by atoms with van der Waals surface area (Å²) in [5, 5.41) is 13.3. The average molecular weight is 529 g/mol. The van der Waals surface area contributed by atoms with Gasteiger partial charge in [-0.2, -0.15) is 5.10 Å². The first-order valence-electron chi connectivity index (χ1n) is 11.6. The third-order valence-corrected chi connectivity index (χ3v) is 6.58. The van der Waals surface area contributed by atoms with Gasteiger partial charge in [-0.1, -0.05) is 42.5 Å². The molecule has 36 heavy (non-hydrogen) atoms. The van der Waals surface area contributed by atoms with E-state index >= 15 is 0 Å². The Balaban J connectivity index is 1.72. The standard InChI is InChI=1S/C25H26Cl2N6O3/c1-14-11-15(26)12-17(23(34)28-2)21(14)31-25(36)20-13-19(24(35)30-16-7-4-3-5-8-16)32-33(20)22-18(27)9-6-10-29-22/h6,9-13,16H,3-5,7-8H2,1-2H3,(H,28,34)(H,30,35)(H,31,36). The molecule has 1 fully saturated rings. The molecule has 0 radical (unpaired) electrons. The summed E-state index contributed by atoms with van der Waals surface area (Å²) >= 11 is 12.5. The third kappa shape index (κ3) is 5.52. The molecule has 2 heterocycles. The summed E-state index contributed by atoms with van der Waals surface area (Å²) in [4.78, 5) is 43.2. The van der Waals surface area contributed by atoms with Gasteiger partial charge in [-0.25, -0.2) is 9.67 Å². The molecule has 0 unspecified atom stereocenters. The number of hydrogen-bond donors (Lipinski definition) is 3. The highest BCUT2D eigenvalue weighted by Gasteiger charge is 2.26. The van der Waals surface area contributed by atoms with Crippen molar-refractivity contribution in [3.8, 4) is 5.82 Å². The molecule has 0 aliphatic heterocycles. The van der Waals surface area contributed by atoms with Gasteiger partial charge in [-0.3, -0.25) is 14.4 Å². The maximum atomic E-state index is 13.5. The molecule has 0 saturated heterocycles. The molecule has 1 aromatic carbocycles. The molecular formula is C25H26Cl2N6O3. The minimum absolute atomic E-state index is 0.0293. The van der Waals surface area contributed by atoms with Gasteiger partial charge >= 0.3 is 0 Å². The van der Waals surface area contributed by atoms with Crippen molar-refractivity contribution in [2.24, 2.45) is 0 Å². The molecule has 4 rings (SSSR count). The Morgan fingerprint density at radius 2 is 1.78 bits per heavy atom. The minimum Gasteiger partial charge on any atom is -0.355 e. The van der Waals surface area contributed by atoms with Crippen LogP contribution in [0.4, 0.5) is 5.69 Å². The number of hydrogen-bond acceptors (Lipinski definition) is 5. The number of nitrogens with zero attached hydrogens (tertiary/aromatic N) is 3. The van der Waals surface area contributed by atoms with E-state index in [-0.39, 0.29) is 45.4 Å². The highest BCUT2D eigenvalue weighted by atomic mass is 35.5. The van der Waals surface area contributed by atoms with Crippen LogP contribution < -0.4 is 16.0 Å². The van der Waals surface area contributed by atoms with Gasteiger partial charge in [0, 0.05) is 30.4 Å². The Labute approximate surface area is 218 Å². The molecule has 0 spiro atoms.